The van der Waals surface area contributed by atoms with E-state index in [1.807, 2.05) is 0 Å². The number of carbonyl (C=O) groups is 1. The average molecular weight is 353 g/mol. The van der Waals surface area contributed by atoms with Crippen molar-refractivity contribution in [2.75, 3.05) is 0 Å². The van der Waals surface area contributed by atoms with Gasteiger partial charge in [0.15, 0.2) is 0 Å². The van der Waals surface area contributed by atoms with Gasteiger partial charge in [0.1, 0.15) is 0 Å². The Balaban J connectivity index is 3.05. The van der Waals surface area contributed by atoms with Gasteiger partial charge < -0.3 is 5.11 Å². The van der Waals surface area contributed by atoms with Crippen molar-refractivity contribution in [3.8, 4) is 0 Å². The van der Waals surface area contributed by atoms with Crippen LogP contribution in [0.3, 0.4) is 0 Å². The zero-order chi connectivity index (χ0) is 18.4. The highest BCUT2D eigenvalue weighted by Crippen LogP contribution is 2.13. The van der Waals surface area contributed by atoms with Gasteiger partial charge >= 0.3 is 5.97 Å². The molecule has 0 aliphatic heterocycles. The second-order valence-electron chi connectivity index (χ2n) is 7.50. The van der Waals surface area contributed by atoms with Crippen molar-refractivity contribution in [1.29, 1.82) is 0 Å². The zero-order valence-corrected chi connectivity index (χ0v) is 16.9. The average Bonchev–Trinajstić information content (AvgIpc) is 2.60. The van der Waals surface area contributed by atoms with Crippen LogP contribution in [-0.4, -0.2) is 11.1 Å². The molecule has 0 rings (SSSR count). The molecule has 0 bridgehead atoms. The predicted molar refractivity (Wildman–Crippen MR) is 110 cm³/mol. The first-order valence-electron chi connectivity index (χ1n) is 11.1. The molecule has 0 amide bonds. The Kier molecular flexibility index (Phi) is 20.6. The van der Waals surface area contributed by atoms with E-state index < -0.39 is 5.97 Å². The first kappa shape index (κ1) is 24.2. The van der Waals surface area contributed by atoms with Gasteiger partial charge in [0, 0.05) is 6.42 Å². The maximum absolute atomic E-state index is 10.4. The van der Waals surface area contributed by atoms with E-state index in [1.165, 1.54) is 103 Å². The first-order chi connectivity index (χ1) is 12.3. The highest BCUT2D eigenvalue weighted by Gasteiger charge is 1.97. The number of hydrogen-bond acceptors (Lipinski definition) is 1. The Morgan fingerprint density at radius 2 is 0.960 bits per heavy atom. The minimum absolute atomic E-state index is 0.342. The third kappa shape index (κ3) is 23.2. The lowest BCUT2D eigenvalue weighted by molar-refractivity contribution is -0.137. The van der Waals surface area contributed by atoms with Crippen LogP contribution in [0.4, 0.5) is 0 Å². The number of rotatable bonds is 20. The normalized spacial score (nSPS) is 11.4. The summed E-state index contributed by atoms with van der Waals surface area (Å²) >= 11 is 0. The van der Waals surface area contributed by atoms with Crippen molar-refractivity contribution in [2.24, 2.45) is 0 Å². The summed E-state index contributed by atoms with van der Waals surface area (Å²) in [5.74, 6) is -0.654. The molecule has 2 nitrogen and oxygen atoms in total. The molecule has 0 aromatic carbocycles. The lowest BCUT2D eigenvalue weighted by atomic mass is 10.0. The van der Waals surface area contributed by atoms with Gasteiger partial charge in [-0.25, -0.2) is 0 Å². The maximum Gasteiger partial charge on any atom is 0.303 e. The fourth-order valence-electron chi connectivity index (χ4n) is 3.23. The third-order valence-corrected chi connectivity index (χ3v) is 4.90. The molecule has 0 atom stereocenters. The highest BCUT2D eigenvalue weighted by molar-refractivity contribution is 5.66. The van der Waals surface area contributed by atoms with Gasteiger partial charge in [-0.1, -0.05) is 103 Å². The van der Waals surface area contributed by atoms with Gasteiger partial charge in [-0.05, 0) is 32.1 Å². The molecule has 0 aliphatic rings. The van der Waals surface area contributed by atoms with Crippen LogP contribution in [0.1, 0.15) is 129 Å². The SMILES string of the molecule is CCCCCC/C=C/CCCCCCCCCCCCCCC(=O)O. The van der Waals surface area contributed by atoms with Gasteiger partial charge in [0.25, 0.3) is 0 Å². The predicted octanol–water partition coefficient (Wildman–Crippen LogP) is 8.06. The number of allylic oxidation sites excluding steroid dienone is 2. The first-order valence-corrected chi connectivity index (χ1v) is 11.1. The van der Waals surface area contributed by atoms with Crippen molar-refractivity contribution >= 4 is 5.97 Å². The molecule has 0 unspecified atom stereocenters. The summed E-state index contributed by atoms with van der Waals surface area (Å²) in [5, 5.41) is 8.56. The molecule has 25 heavy (non-hydrogen) atoms. The molecular weight excluding hydrogens is 308 g/mol. The maximum atomic E-state index is 10.4. The molecule has 0 saturated heterocycles. The quantitative estimate of drug-likeness (QED) is 0.178. The summed E-state index contributed by atoms with van der Waals surface area (Å²) in [5.41, 5.74) is 0. The summed E-state index contributed by atoms with van der Waals surface area (Å²) in [6.07, 6.45) is 28.6. The molecule has 0 spiro atoms. The summed E-state index contributed by atoms with van der Waals surface area (Å²) < 4.78 is 0. The monoisotopic (exact) mass is 352 g/mol. The number of aliphatic carboxylic acids is 1. The largest absolute Gasteiger partial charge is 0.481 e. The summed E-state index contributed by atoms with van der Waals surface area (Å²) in [7, 11) is 0. The summed E-state index contributed by atoms with van der Waals surface area (Å²) in [6.45, 7) is 2.27. The van der Waals surface area contributed by atoms with Gasteiger partial charge in [-0.3, -0.25) is 4.79 Å². The number of hydrogen-bond donors (Lipinski definition) is 1. The van der Waals surface area contributed by atoms with E-state index in [9.17, 15) is 4.79 Å². The Labute approximate surface area is 157 Å². The van der Waals surface area contributed by atoms with E-state index in [4.69, 9.17) is 5.11 Å². The van der Waals surface area contributed by atoms with Crippen LogP contribution in [0, 0.1) is 0 Å². The van der Waals surface area contributed by atoms with Crippen LogP contribution in [0.2, 0.25) is 0 Å². The van der Waals surface area contributed by atoms with Crippen molar-refractivity contribution in [3.63, 3.8) is 0 Å². The molecule has 0 fully saturated rings. The molecule has 0 aromatic rings. The van der Waals surface area contributed by atoms with Gasteiger partial charge in [0.2, 0.25) is 0 Å². The summed E-state index contributed by atoms with van der Waals surface area (Å²) in [6, 6.07) is 0. The highest BCUT2D eigenvalue weighted by atomic mass is 16.4. The lowest BCUT2D eigenvalue weighted by Crippen LogP contribution is -1.93. The standard InChI is InChI=1S/C23H44O2/c1-2-3-4-5-6-7-8-9-10-11-12-13-14-15-16-17-18-19-20-21-22-23(24)25/h7-8H,2-6,9-22H2,1H3,(H,24,25)/b8-7+. The fourth-order valence-corrected chi connectivity index (χ4v) is 3.23. The molecule has 0 heterocycles. The molecule has 0 aromatic heterocycles. The Hall–Kier alpha value is -0.790. The van der Waals surface area contributed by atoms with E-state index in [-0.39, 0.29) is 0 Å². The molecule has 0 aliphatic carbocycles. The Bertz CT molecular complexity index is 296. The van der Waals surface area contributed by atoms with E-state index in [0.29, 0.717) is 6.42 Å². The second kappa shape index (κ2) is 21.3. The third-order valence-electron chi connectivity index (χ3n) is 4.90. The fraction of sp³-hybridized carbons (Fsp3) is 0.870. The van der Waals surface area contributed by atoms with Crippen molar-refractivity contribution < 1.29 is 9.90 Å². The molecule has 0 saturated carbocycles. The van der Waals surface area contributed by atoms with Crippen molar-refractivity contribution in [3.05, 3.63) is 12.2 Å². The zero-order valence-electron chi connectivity index (χ0n) is 16.9. The summed E-state index contributed by atoms with van der Waals surface area (Å²) in [4.78, 5) is 10.4. The molecular formula is C23H44O2. The van der Waals surface area contributed by atoms with Crippen molar-refractivity contribution in [1.82, 2.24) is 0 Å². The van der Waals surface area contributed by atoms with Crippen LogP contribution in [0.15, 0.2) is 12.2 Å². The minimum atomic E-state index is -0.654. The minimum Gasteiger partial charge on any atom is -0.481 e. The van der Waals surface area contributed by atoms with Crippen molar-refractivity contribution in [2.45, 2.75) is 129 Å². The van der Waals surface area contributed by atoms with E-state index in [2.05, 4.69) is 19.1 Å². The van der Waals surface area contributed by atoms with Crippen LogP contribution in [0.5, 0.6) is 0 Å². The van der Waals surface area contributed by atoms with Crippen LogP contribution >= 0.6 is 0 Å². The van der Waals surface area contributed by atoms with Crippen LogP contribution < -0.4 is 0 Å². The van der Waals surface area contributed by atoms with E-state index >= 15 is 0 Å². The molecule has 0 radical (unpaired) electrons. The van der Waals surface area contributed by atoms with Crippen LogP contribution in [-0.2, 0) is 4.79 Å². The second-order valence-corrected chi connectivity index (χ2v) is 7.50. The molecule has 2 heteroatoms. The topological polar surface area (TPSA) is 37.3 Å². The smallest absolute Gasteiger partial charge is 0.303 e. The van der Waals surface area contributed by atoms with Crippen LogP contribution in [0.25, 0.3) is 0 Å². The number of unbranched alkanes of at least 4 members (excludes halogenated alkanes) is 16. The molecule has 1 N–H and O–H groups in total. The van der Waals surface area contributed by atoms with Gasteiger partial charge in [-0.2, -0.15) is 0 Å². The van der Waals surface area contributed by atoms with Gasteiger partial charge in [0.05, 0.1) is 0 Å². The Morgan fingerprint density at radius 1 is 0.600 bits per heavy atom. The number of carboxylic acid groups (broad SMARTS) is 1. The Morgan fingerprint density at radius 3 is 1.36 bits per heavy atom. The van der Waals surface area contributed by atoms with Gasteiger partial charge in [-0.15, -0.1) is 0 Å². The van der Waals surface area contributed by atoms with E-state index in [1.54, 1.807) is 0 Å². The lowest BCUT2D eigenvalue weighted by Gasteiger charge is -2.02. The number of carboxylic acids is 1. The molecule has 148 valence electrons. The van der Waals surface area contributed by atoms with E-state index in [0.717, 1.165) is 12.8 Å².